The maximum absolute atomic E-state index is 3.14. The molecule has 0 saturated heterocycles. The van der Waals surface area contributed by atoms with Gasteiger partial charge in [-0.1, -0.05) is 11.6 Å². The van der Waals surface area contributed by atoms with Crippen LogP contribution in [0.2, 0.25) is 0 Å². The lowest BCUT2D eigenvalue weighted by Crippen LogP contribution is -2.03. The summed E-state index contributed by atoms with van der Waals surface area (Å²) in [5.41, 5.74) is 1.36. The van der Waals surface area contributed by atoms with Crippen molar-refractivity contribution in [3.8, 4) is 0 Å². The third-order valence-corrected chi connectivity index (χ3v) is 1.22. The molecule has 0 aliphatic carbocycles. The van der Waals surface area contributed by atoms with Gasteiger partial charge in [-0.3, -0.25) is 0 Å². The van der Waals surface area contributed by atoms with Gasteiger partial charge in [0.05, 0.1) is 0 Å². The summed E-state index contributed by atoms with van der Waals surface area (Å²) in [7, 11) is 0. The summed E-state index contributed by atoms with van der Waals surface area (Å²) in [6.07, 6.45) is 7.47. The molecule has 1 aliphatic heterocycles. The minimum atomic E-state index is 1.08. The molecular weight excluding hydrogens is 98.1 g/mol. The summed E-state index contributed by atoms with van der Waals surface area (Å²) >= 11 is 0. The van der Waals surface area contributed by atoms with Crippen LogP contribution in [0.25, 0.3) is 0 Å². The summed E-state index contributed by atoms with van der Waals surface area (Å²) in [6.45, 7) is 3.19. The lowest BCUT2D eigenvalue weighted by atomic mass is 10.2. The van der Waals surface area contributed by atoms with Crippen molar-refractivity contribution in [2.45, 2.75) is 13.3 Å². The van der Waals surface area contributed by atoms with Crippen LogP contribution in [0.15, 0.2) is 23.9 Å². The van der Waals surface area contributed by atoms with E-state index in [-0.39, 0.29) is 0 Å². The van der Waals surface area contributed by atoms with Gasteiger partial charge in [-0.15, -0.1) is 0 Å². The van der Waals surface area contributed by atoms with Crippen LogP contribution in [-0.4, -0.2) is 6.54 Å². The van der Waals surface area contributed by atoms with E-state index >= 15 is 0 Å². The molecule has 1 aliphatic rings. The molecule has 0 fully saturated rings. The molecule has 0 unspecified atom stereocenters. The van der Waals surface area contributed by atoms with Gasteiger partial charge in [0.25, 0.3) is 0 Å². The smallest absolute Gasteiger partial charge is 0.0176 e. The van der Waals surface area contributed by atoms with Crippen molar-refractivity contribution in [1.29, 1.82) is 0 Å². The number of rotatable bonds is 0. The van der Waals surface area contributed by atoms with E-state index in [1.54, 1.807) is 0 Å². The monoisotopic (exact) mass is 109 g/mol. The first-order valence-electron chi connectivity index (χ1n) is 2.96. The standard InChI is InChI=1S/C7H11N/c1-7-3-2-5-8-6-4-7/h3-4,6,8H,2,5H2,1H3. The van der Waals surface area contributed by atoms with E-state index < -0.39 is 0 Å². The normalized spacial score (nSPS) is 18.9. The highest BCUT2D eigenvalue weighted by Crippen LogP contribution is 1.98. The SMILES string of the molecule is CC1=CCCNC=C1. The predicted octanol–water partition coefficient (Wildman–Crippen LogP) is 1.44. The Morgan fingerprint density at radius 2 is 2.50 bits per heavy atom. The number of allylic oxidation sites excluding steroid dienone is 2. The van der Waals surface area contributed by atoms with E-state index in [9.17, 15) is 0 Å². The van der Waals surface area contributed by atoms with Crippen LogP contribution in [0.3, 0.4) is 0 Å². The first-order valence-corrected chi connectivity index (χ1v) is 2.96. The average Bonchev–Trinajstić information content (AvgIpc) is 1.94. The van der Waals surface area contributed by atoms with Gasteiger partial charge in [-0.05, 0) is 25.6 Å². The largest absolute Gasteiger partial charge is 0.391 e. The molecule has 8 heavy (non-hydrogen) atoms. The second-order valence-corrected chi connectivity index (χ2v) is 2.02. The van der Waals surface area contributed by atoms with Crippen LogP contribution >= 0.6 is 0 Å². The highest BCUT2D eigenvalue weighted by atomic mass is 14.8. The van der Waals surface area contributed by atoms with Gasteiger partial charge in [0.2, 0.25) is 0 Å². The molecule has 1 heteroatoms. The Morgan fingerprint density at radius 1 is 1.62 bits per heavy atom. The Labute approximate surface area is 50.1 Å². The van der Waals surface area contributed by atoms with Gasteiger partial charge in [-0.25, -0.2) is 0 Å². The van der Waals surface area contributed by atoms with Gasteiger partial charge in [-0.2, -0.15) is 0 Å². The Morgan fingerprint density at radius 3 is 3.38 bits per heavy atom. The van der Waals surface area contributed by atoms with Crippen LogP contribution in [0.4, 0.5) is 0 Å². The highest BCUT2D eigenvalue weighted by Gasteiger charge is 1.86. The quantitative estimate of drug-likeness (QED) is 0.496. The van der Waals surface area contributed by atoms with E-state index in [1.165, 1.54) is 5.57 Å². The van der Waals surface area contributed by atoms with Gasteiger partial charge in [0.1, 0.15) is 0 Å². The maximum Gasteiger partial charge on any atom is 0.0176 e. The first kappa shape index (κ1) is 5.42. The summed E-state index contributed by atoms with van der Waals surface area (Å²) in [6, 6.07) is 0. The molecule has 0 atom stereocenters. The zero-order chi connectivity index (χ0) is 5.82. The molecule has 0 bridgehead atoms. The molecule has 0 aromatic heterocycles. The number of nitrogens with one attached hydrogen (secondary N) is 1. The molecule has 44 valence electrons. The van der Waals surface area contributed by atoms with Gasteiger partial charge in [0, 0.05) is 6.54 Å². The Bertz CT molecular complexity index is 122. The number of hydrogen-bond donors (Lipinski definition) is 1. The van der Waals surface area contributed by atoms with E-state index in [2.05, 4.69) is 24.4 Å². The van der Waals surface area contributed by atoms with Crippen molar-refractivity contribution in [3.05, 3.63) is 23.9 Å². The molecule has 1 N–H and O–H groups in total. The summed E-state index contributed by atoms with van der Waals surface area (Å²) in [5.74, 6) is 0. The van der Waals surface area contributed by atoms with Crippen molar-refractivity contribution in [1.82, 2.24) is 5.32 Å². The fraction of sp³-hybridized carbons (Fsp3) is 0.429. The molecular formula is C7H11N. The maximum atomic E-state index is 3.14. The molecule has 0 saturated carbocycles. The second kappa shape index (κ2) is 2.55. The fourth-order valence-electron chi connectivity index (χ4n) is 0.725. The van der Waals surface area contributed by atoms with Gasteiger partial charge >= 0.3 is 0 Å². The van der Waals surface area contributed by atoms with Crippen LogP contribution in [-0.2, 0) is 0 Å². The predicted molar refractivity (Wildman–Crippen MR) is 35.5 cm³/mol. The van der Waals surface area contributed by atoms with Crippen molar-refractivity contribution in [3.63, 3.8) is 0 Å². The number of hydrogen-bond acceptors (Lipinski definition) is 1. The van der Waals surface area contributed by atoms with E-state index in [1.807, 2.05) is 6.20 Å². The summed E-state index contributed by atoms with van der Waals surface area (Å²) in [4.78, 5) is 0. The van der Waals surface area contributed by atoms with Gasteiger partial charge < -0.3 is 5.32 Å². The average molecular weight is 109 g/mol. The van der Waals surface area contributed by atoms with Crippen molar-refractivity contribution >= 4 is 0 Å². The summed E-state index contributed by atoms with van der Waals surface area (Å²) < 4.78 is 0. The molecule has 0 amide bonds. The van der Waals surface area contributed by atoms with Crippen molar-refractivity contribution in [2.24, 2.45) is 0 Å². The zero-order valence-corrected chi connectivity index (χ0v) is 5.15. The van der Waals surface area contributed by atoms with Crippen LogP contribution < -0.4 is 5.32 Å². The Balaban J connectivity index is 2.55. The van der Waals surface area contributed by atoms with Crippen molar-refractivity contribution < 1.29 is 0 Å². The van der Waals surface area contributed by atoms with Gasteiger partial charge in [0.15, 0.2) is 0 Å². The lowest BCUT2D eigenvalue weighted by molar-refractivity contribution is 0.859. The van der Waals surface area contributed by atoms with Crippen LogP contribution in [0.5, 0.6) is 0 Å². The third kappa shape index (κ3) is 1.41. The molecule has 1 heterocycles. The van der Waals surface area contributed by atoms with Crippen molar-refractivity contribution in [2.75, 3.05) is 6.54 Å². The van der Waals surface area contributed by atoms with E-state index in [4.69, 9.17) is 0 Å². The van der Waals surface area contributed by atoms with Crippen LogP contribution in [0, 0.1) is 0 Å². The molecule has 1 rings (SSSR count). The Kier molecular flexibility index (Phi) is 1.73. The second-order valence-electron chi connectivity index (χ2n) is 2.02. The zero-order valence-electron chi connectivity index (χ0n) is 5.15. The molecule has 0 aromatic carbocycles. The minimum Gasteiger partial charge on any atom is -0.391 e. The summed E-state index contributed by atoms with van der Waals surface area (Å²) in [5, 5.41) is 3.14. The lowest BCUT2D eigenvalue weighted by Gasteiger charge is -1.89. The van der Waals surface area contributed by atoms with E-state index in [0.29, 0.717) is 0 Å². The molecule has 0 aromatic rings. The van der Waals surface area contributed by atoms with E-state index in [0.717, 1.165) is 13.0 Å². The Hall–Kier alpha value is -0.720. The molecule has 0 spiro atoms. The fourth-order valence-corrected chi connectivity index (χ4v) is 0.725. The minimum absolute atomic E-state index is 1.08. The molecule has 1 nitrogen and oxygen atoms in total. The third-order valence-electron chi connectivity index (χ3n) is 1.22. The highest BCUT2D eigenvalue weighted by molar-refractivity contribution is 5.16. The van der Waals surface area contributed by atoms with Crippen LogP contribution in [0.1, 0.15) is 13.3 Å². The first-order chi connectivity index (χ1) is 3.89. The molecule has 0 radical (unpaired) electrons. The topological polar surface area (TPSA) is 12.0 Å².